The summed E-state index contributed by atoms with van der Waals surface area (Å²) in [5.41, 5.74) is 3.82. The molecule has 4 aromatic rings. The number of nitrogens with zero attached hydrogens (tertiary/aromatic N) is 2. The van der Waals surface area contributed by atoms with E-state index in [-0.39, 0.29) is 0 Å². The lowest BCUT2D eigenvalue weighted by Gasteiger charge is -2.37. The van der Waals surface area contributed by atoms with Crippen molar-refractivity contribution < 1.29 is 4.74 Å². The van der Waals surface area contributed by atoms with E-state index in [9.17, 15) is 0 Å². The fourth-order valence-corrected chi connectivity index (χ4v) is 4.08. The number of hydrogen-bond acceptors (Lipinski definition) is 2. The van der Waals surface area contributed by atoms with Crippen molar-refractivity contribution in [1.82, 2.24) is 9.78 Å². The van der Waals surface area contributed by atoms with E-state index in [1.165, 1.54) is 0 Å². The molecular weight excluding hydrogens is 344 g/mol. The summed E-state index contributed by atoms with van der Waals surface area (Å²) in [7, 11) is 0. The zero-order valence-electron chi connectivity index (χ0n) is 15.4. The maximum atomic E-state index is 5.84. The van der Waals surface area contributed by atoms with Crippen molar-refractivity contribution in [3.05, 3.63) is 126 Å². The first-order valence-corrected chi connectivity index (χ1v) is 9.45. The Kier molecular flexibility index (Phi) is 4.06. The molecule has 0 atom stereocenters. The Morgan fingerprint density at radius 1 is 0.714 bits per heavy atom. The number of ether oxygens (including phenoxy) is 1. The van der Waals surface area contributed by atoms with Crippen molar-refractivity contribution in [3.8, 4) is 5.75 Å². The summed E-state index contributed by atoms with van der Waals surface area (Å²) in [5.74, 6) is 0.815. The molecule has 5 rings (SSSR count). The van der Waals surface area contributed by atoms with Gasteiger partial charge in [0.15, 0.2) is 5.75 Å². The van der Waals surface area contributed by atoms with Gasteiger partial charge in [0.25, 0.3) is 0 Å². The Morgan fingerprint density at radius 3 is 1.71 bits per heavy atom. The molecule has 0 saturated heterocycles. The molecule has 0 amide bonds. The molecule has 1 aromatic heterocycles. The van der Waals surface area contributed by atoms with E-state index in [1.807, 2.05) is 30.5 Å². The van der Waals surface area contributed by atoms with E-state index in [4.69, 9.17) is 9.84 Å². The van der Waals surface area contributed by atoms with Crippen LogP contribution >= 0.6 is 0 Å². The van der Waals surface area contributed by atoms with Gasteiger partial charge in [-0.1, -0.05) is 91.0 Å². The molecule has 2 heterocycles. The quantitative estimate of drug-likeness (QED) is 0.470. The van der Waals surface area contributed by atoms with E-state index in [0.29, 0.717) is 6.61 Å². The van der Waals surface area contributed by atoms with Gasteiger partial charge in [-0.05, 0) is 28.8 Å². The summed E-state index contributed by atoms with van der Waals surface area (Å²) < 4.78 is 7.93. The molecule has 0 N–H and O–H groups in total. The summed E-state index contributed by atoms with van der Waals surface area (Å²) in [6.07, 6.45) is 5.96. The third kappa shape index (κ3) is 2.48. The van der Waals surface area contributed by atoms with Crippen LogP contribution in [0.1, 0.15) is 22.4 Å². The molecule has 3 nitrogen and oxygen atoms in total. The van der Waals surface area contributed by atoms with Crippen molar-refractivity contribution in [2.24, 2.45) is 0 Å². The van der Waals surface area contributed by atoms with E-state index < -0.39 is 5.54 Å². The van der Waals surface area contributed by atoms with Crippen LogP contribution < -0.4 is 4.74 Å². The second-order valence-electron chi connectivity index (χ2n) is 6.83. The monoisotopic (exact) mass is 364 g/mol. The Balaban J connectivity index is 1.92. The summed E-state index contributed by atoms with van der Waals surface area (Å²) in [4.78, 5) is 0. The van der Waals surface area contributed by atoms with Gasteiger partial charge in [-0.2, -0.15) is 5.10 Å². The lowest BCUT2D eigenvalue weighted by molar-refractivity contribution is 0.354. The second kappa shape index (κ2) is 6.86. The van der Waals surface area contributed by atoms with Crippen molar-refractivity contribution in [3.63, 3.8) is 0 Å². The van der Waals surface area contributed by atoms with Gasteiger partial charge in [0, 0.05) is 0 Å². The predicted molar refractivity (Wildman–Crippen MR) is 111 cm³/mol. The minimum atomic E-state index is -0.609. The third-order valence-corrected chi connectivity index (χ3v) is 5.27. The lowest BCUT2D eigenvalue weighted by atomic mass is 9.77. The van der Waals surface area contributed by atoms with Crippen LogP contribution in [0.5, 0.6) is 5.75 Å². The van der Waals surface area contributed by atoms with Gasteiger partial charge in [-0.3, -0.25) is 0 Å². The fourth-order valence-electron chi connectivity index (χ4n) is 4.08. The maximum absolute atomic E-state index is 5.84. The fraction of sp³-hybridized carbons (Fsp3) is 0.0800. The van der Waals surface area contributed by atoms with Crippen LogP contribution in [0.15, 0.2) is 103 Å². The van der Waals surface area contributed by atoms with Crippen LogP contribution in [0.4, 0.5) is 0 Å². The first-order chi connectivity index (χ1) is 13.9. The van der Waals surface area contributed by atoms with Gasteiger partial charge in [0.05, 0.1) is 6.20 Å². The number of fused-ring (bicyclic) bond motifs is 1. The highest BCUT2D eigenvalue weighted by atomic mass is 16.5. The van der Waals surface area contributed by atoms with Crippen LogP contribution in [0.3, 0.4) is 0 Å². The van der Waals surface area contributed by atoms with Crippen LogP contribution in [0.2, 0.25) is 0 Å². The van der Waals surface area contributed by atoms with E-state index in [2.05, 4.69) is 83.6 Å². The standard InChI is InChI=1S/C25H20N2O/c1-4-11-20(12-5-1)25(21-13-6-2-7-14-21,22-15-8-3-9-16-22)27-23-17-10-18-28-24(23)19-26-27/h1-17,19H,18H2. The Morgan fingerprint density at radius 2 is 1.21 bits per heavy atom. The summed E-state index contributed by atoms with van der Waals surface area (Å²) >= 11 is 0. The molecular formula is C25H20N2O. The highest BCUT2D eigenvalue weighted by Gasteiger charge is 2.41. The smallest absolute Gasteiger partial charge is 0.165 e. The van der Waals surface area contributed by atoms with Crippen LogP contribution in [0, 0.1) is 0 Å². The second-order valence-corrected chi connectivity index (χ2v) is 6.83. The first-order valence-electron chi connectivity index (χ1n) is 9.45. The highest BCUT2D eigenvalue weighted by molar-refractivity contribution is 5.59. The average molecular weight is 364 g/mol. The zero-order chi connectivity index (χ0) is 18.8. The molecule has 0 fully saturated rings. The lowest BCUT2D eigenvalue weighted by Crippen LogP contribution is -2.39. The molecule has 1 aliphatic rings. The van der Waals surface area contributed by atoms with Gasteiger partial charge >= 0.3 is 0 Å². The summed E-state index contributed by atoms with van der Waals surface area (Å²) in [5, 5.41) is 4.84. The predicted octanol–water partition coefficient (Wildman–Crippen LogP) is 5.13. The van der Waals surface area contributed by atoms with Crippen LogP contribution in [-0.4, -0.2) is 16.4 Å². The minimum Gasteiger partial charge on any atom is -0.486 e. The molecule has 28 heavy (non-hydrogen) atoms. The molecule has 136 valence electrons. The van der Waals surface area contributed by atoms with Crippen molar-refractivity contribution in [2.45, 2.75) is 5.54 Å². The molecule has 0 spiro atoms. The van der Waals surface area contributed by atoms with Gasteiger partial charge < -0.3 is 4.74 Å². The molecule has 0 aliphatic carbocycles. The molecule has 0 saturated carbocycles. The van der Waals surface area contributed by atoms with E-state index in [0.717, 1.165) is 28.1 Å². The van der Waals surface area contributed by atoms with Gasteiger partial charge in [0.2, 0.25) is 0 Å². The SMILES string of the molecule is C1=Cc2c(cnn2C(c2ccccc2)(c2ccccc2)c2ccccc2)OC1. The maximum Gasteiger partial charge on any atom is 0.165 e. The molecule has 0 unspecified atom stereocenters. The highest BCUT2D eigenvalue weighted by Crippen LogP contribution is 2.43. The number of aromatic nitrogens is 2. The van der Waals surface area contributed by atoms with Gasteiger partial charge in [-0.15, -0.1) is 0 Å². The molecule has 3 heteroatoms. The van der Waals surface area contributed by atoms with Crippen molar-refractivity contribution >= 4 is 6.08 Å². The Bertz CT molecular complexity index is 1000. The third-order valence-electron chi connectivity index (χ3n) is 5.27. The van der Waals surface area contributed by atoms with Crippen molar-refractivity contribution in [2.75, 3.05) is 6.61 Å². The zero-order valence-corrected chi connectivity index (χ0v) is 15.4. The van der Waals surface area contributed by atoms with Crippen LogP contribution in [0.25, 0.3) is 6.08 Å². The minimum absolute atomic E-state index is 0.577. The Labute approximate surface area is 164 Å². The van der Waals surface area contributed by atoms with E-state index >= 15 is 0 Å². The Hall–Kier alpha value is -3.59. The van der Waals surface area contributed by atoms with Gasteiger partial charge in [-0.25, -0.2) is 4.68 Å². The number of hydrogen-bond donors (Lipinski definition) is 0. The van der Waals surface area contributed by atoms with Crippen molar-refractivity contribution in [1.29, 1.82) is 0 Å². The number of rotatable bonds is 4. The molecule has 0 radical (unpaired) electrons. The average Bonchev–Trinajstić information content (AvgIpc) is 3.21. The largest absolute Gasteiger partial charge is 0.486 e. The molecule has 0 bridgehead atoms. The molecule has 1 aliphatic heterocycles. The normalized spacial score (nSPS) is 13.0. The van der Waals surface area contributed by atoms with Gasteiger partial charge in [0.1, 0.15) is 17.8 Å². The van der Waals surface area contributed by atoms with Crippen LogP contribution in [-0.2, 0) is 5.54 Å². The molecule has 3 aromatic carbocycles. The number of benzene rings is 3. The van der Waals surface area contributed by atoms with E-state index in [1.54, 1.807) is 0 Å². The first kappa shape index (κ1) is 16.6. The summed E-state index contributed by atoms with van der Waals surface area (Å²) in [6, 6.07) is 31.6. The topological polar surface area (TPSA) is 27.1 Å². The summed E-state index contributed by atoms with van der Waals surface area (Å²) in [6.45, 7) is 0.577.